The molecule has 132 valence electrons. The molecule has 1 atom stereocenters. The summed E-state index contributed by atoms with van der Waals surface area (Å²) < 4.78 is 0. The SMILES string of the molecule is CC1CCCN(C(=O)CCc2ccc(N3CCCCC3)c(N)c2)C1. The maximum Gasteiger partial charge on any atom is 0.222 e. The standard InChI is InChI=1S/C20H31N3O/c1-16-6-5-13-23(15-16)20(24)10-8-17-7-9-19(18(21)14-17)22-11-3-2-4-12-22/h7,9,14,16H,2-6,8,10-13,15,21H2,1H3. The number of hydrogen-bond acceptors (Lipinski definition) is 3. The number of carbonyl (C=O) groups is 1. The van der Waals surface area contributed by atoms with Crippen molar-refractivity contribution >= 4 is 17.3 Å². The number of aryl methyl sites for hydroxylation is 1. The van der Waals surface area contributed by atoms with Gasteiger partial charge in [-0.1, -0.05) is 13.0 Å². The van der Waals surface area contributed by atoms with Crippen LogP contribution in [-0.4, -0.2) is 37.0 Å². The van der Waals surface area contributed by atoms with Gasteiger partial charge in [-0.3, -0.25) is 4.79 Å². The summed E-state index contributed by atoms with van der Waals surface area (Å²) in [6.07, 6.45) is 7.60. The number of anilines is 2. The lowest BCUT2D eigenvalue weighted by Crippen LogP contribution is -2.39. The van der Waals surface area contributed by atoms with Crippen molar-refractivity contribution in [1.29, 1.82) is 0 Å². The highest BCUT2D eigenvalue weighted by molar-refractivity contribution is 5.77. The van der Waals surface area contributed by atoms with Gasteiger partial charge in [0.2, 0.25) is 5.91 Å². The lowest BCUT2D eigenvalue weighted by molar-refractivity contribution is -0.132. The Morgan fingerprint density at radius 2 is 1.96 bits per heavy atom. The third-order valence-corrected chi connectivity index (χ3v) is 5.43. The minimum Gasteiger partial charge on any atom is -0.397 e. The molecule has 2 fully saturated rings. The van der Waals surface area contributed by atoms with Gasteiger partial charge in [0.15, 0.2) is 0 Å². The molecule has 1 unspecified atom stereocenters. The number of piperidine rings is 2. The van der Waals surface area contributed by atoms with Gasteiger partial charge in [0, 0.05) is 32.6 Å². The smallest absolute Gasteiger partial charge is 0.222 e. The first-order valence-corrected chi connectivity index (χ1v) is 9.54. The fraction of sp³-hybridized carbons (Fsp3) is 0.650. The van der Waals surface area contributed by atoms with E-state index in [0.29, 0.717) is 18.2 Å². The predicted octanol–water partition coefficient (Wildman–Crippen LogP) is 3.45. The van der Waals surface area contributed by atoms with E-state index in [1.807, 2.05) is 4.90 Å². The summed E-state index contributed by atoms with van der Waals surface area (Å²) in [5.41, 5.74) is 9.47. The summed E-state index contributed by atoms with van der Waals surface area (Å²) in [5, 5.41) is 0. The van der Waals surface area contributed by atoms with Crippen LogP contribution in [0.2, 0.25) is 0 Å². The quantitative estimate of drug-likeness (QED) is 0.861. The summed E-state index contributed by atoms with van der Waals surface area (Å²) in [7, 11) is 0. The molecule has 2 aliphatic rings. The Balaban J connectivity index is 1.55. The monoisotopic (exact) mass is 329 g/mol. The predicted molar refractivity (Wildman–Crippen MR) is 100 cm³/mol. The number of likely N-dealkylation sites (tertiary alicyclic amines) is 1. The molecule has 1 aromatic rings. The Kier molecular flexibility index (Phi) is 5.64. The zero-order chi connectivity index (χ0) is 16.9. The maximum atomic E-state index is 12.4. The second kappa shape index (κ2) is 7.91. The molecule has 0 saturated carbocycles. The molecular formula is C20H31N3O. The van der Waals surface area contributed by atoms with E-state index in [1.165, 1.54) is 31.2 Å². The van der Waals surface area contributed by atoms with Crippen LogP contribution >= 0.6 is 0 Å². The van der Waals surface area contributed by atoms with Crippen molar-refractivity contribution in [2.45, 2.75) is 51.9 Å². The zero-order valence-electron chi connectivity index (χ0n) is 15.0. The summed E-state index contributed by atoms with van der Waals surface area (Å²) in [4.78, 5) is 16.8. The van der Waals surface area contributed by atoms with Crippen molar-refractivity contribution in [3.8, 4) is 0 Å². The Hall–Kier alpha value is -1.71. The molecule has 2 N–H and O–H groups in total. The third-order valence-electron chi connectivity index (χ3n) is 5.43. The molecule has 0 aromatic heterocycles. The first-order chi connectivity index (χ1) is 11.6. The molecule has 2 heterocycles. The summed E-state index contributed by atoms with van der Waals surface area (Å²) >= 11 is 0. The normalized spacial score (nSPS) is 21.8. The molecule has 0 aliphatic carbocycles. The average Bonchev–Trinajstić information content (AvgIpc) is 2.60. The molecule has 0 bridgehead atoms. The first-order valence-electron chi connectivity index (χ1n) is 9.54. The van der Waals surface area contributed by atoms with Crippen molar-refractivity contribution in [3.63, 3.8) is 0 Å². The van der Waals surface area contributed by atoms with Crippen LogP contribution in [0, 0.1) is 5.92 Å². The molecule has 1 amide bonds. The molecule has 3 rings (SSSR count). The number of rotatable bonds is 4. The average molecular weight is 329 g/mol. The van der Waals surface area contributed by atoms with Crippen LogP contribution in [0.3, 0.4) is 0 Å². The van der Waals surface area contributed by atoms with Crippen molar-refractivity contribution < 1.29 is 4.79 Å². The number of hydrogen-bond donors (Lipinski definition) is 1. The van der Waals surface area contributed by atoms with Crippen LogP contribution in [0.15, 0.2) is 18.2 Å². The third kappa shape index (κ3) is 4.22. The van der Waals surface area contributed by atoms with Gasteiger partial charge in [0.1, 0.15) is 0 Å². The van der Waals surface area contributed by atoms with E-state index < -0.39 is 0 Å². The summed E-state index contributed by atoms with van der Waals surface area (Å²) in [6.45, 7) is 6.30. The molecule has 0 radical (unpaired) electrons. The van der Waals surface area contributed by atoms with Gasteiger partial charge < -0.3 is 15.5 Å². The molecule has 24 heavy (non-hydrogen) atoms. The molecule has 0 spiro atoms. The van der Waals surface area contributed by atoms with Gasteiger partial charge in [-0.2, -0.15) is 0 Å². The van der Waals surface area contributed by atoms with Crippen LogP contribution in [0.5, 0.6) is 0 Å². The number of nitrogens with two attached hydrogens (primary N) is 1. The van der Waals surface area contributed by atoms with Crippen LogP contribution in [0.4, 0.5) is 11.4 Å². The Labute approximate surface area is 146 Å². The van der Waals surface area contributed by atoms with Crippen molar-refractivity contribution in [1.82, 2.24) is 4.90 Å². The highest BCUT2D eigenvalue weighted by atomic mass is 16.2. The molecule has 2 saturated heterocycles. The number of nitrogens with zero attached hydrogens (tertiary/aromatic N) is 2. The van der Waals surface area contributed by atoms with E-state index in [2.05, 4.69) is 30.0 Å². The number of nitrogen functional groups attached to an aromatic ring is 1. The lowest BCUT2D eigenvalue weighted by atomic mass is 9.99. The van der Waals surface area contributed by atoms with Gasteiger partial charge in [0.05, 0.1) is 11.4 Å². The van der Waals surface area contributed by atoms with E-state index in [-0.39, 0.29) is 0 Å². The number of amides is 1. The van der Waals surface area contributed by atoms with E-state index in [0.717, 1.165) is 50.4 Å². The highest BCUT2D eigenvalue weighted by Crippen LogP contribution is 2.27. The fourth-order valence-electron chi connectivity index (χ4n) is 4.01. The number of benzene rings is 1. The second-order valence-electron chi connectivity index (χ2n) is 7.53. The first kappa shape index (κ1) is 17.1. The second-order valence-corrected chi connectivity index (χ2v) is 7.53. The maximum absolute atomic E-state index is 12.4. The highest BCUT2D eigenvalue weighted by Gasteiger charge is 2.20. The molecular weight excluding hydrogens is 298 g/mol. The van der Waals surface area contributed by atoms with E-state index in [9.17, 15) is 4.79 Å². The summed E-state index contributed by atoms with van der Waals surface area (Å²) in [5.74, 6) is 0.933. The van der Waals surface area contributed by atoms with Crippen molar-refractivity contribution in [2.75, 3.05) is 36.8 Å². The van der Waals surface area contributed by atoms with E-state index in [1.54, 1.807) is 0 Å². The molecule has 1 aromatic carbocycles. The van der Waals surface area contributed by atoms with Crippen LogP contribution < -0.4 is 10.6 Å². The van der Waals surface area contributed by atoms with Gasteiger partial charge in [-0.05, 0) is 62.1 Å². The Morgan fingerprint density at radius 1 is 1.17 bits per heavy atom. The number of carbonyl (C=O) groups excluding carboxylic acids is 1. The molecule has 4 nitrogen and oxygen atoms in total. The Bertz CT molecular complexity index is 566. The zero-order valence-corrected chi connectivity index (χ0v) is 15.0. The minimum atomic E-state index is 0.292. The van der Waals surface area contributed by atoms with E-state index in [4.69, 9.17) is 5.73 Å². The molecule has 2 aliphatic heterocycles. The van der Waals surface area contributed by atoms with Crippen molar-refractivity contribution in [2.24, 2.45) is 5.92 Å². The van der Waals surface area contributed by atoms with Gasteiger partial charge in [0.25, 0.3) is 0 Å². The summed E-state index contributed by atoms with van der Waals surface area (Å²) in [6, 6.07) is 6.35. The van der Waals surface area contributed by atoms with Gasteiger partial charge >= 0.3 is 0 Å². The van der Waals surface area contributed by atoms with Crippen LogP contribution in [-0.2, 0) is 11.2 Å². The van der Waals surface area contributed by atoms with Crippen LogP contribution in [0.25, 0.3) is 0 Å². The van der Waals surface area contributed by atoms with Gasteiger partial charge in [-0.25, -0.2) is 0 Å². The van der Waals surface area contributed by atoms with Gasteiger partial charge in [-0.15, -0.1) is 0 Å². The largest absolute Gasteiger partial charge is 0.397 e. The molecule has 4 heteroatoms. The lowest BCUT2D eigenvalue weighted by Gasteiger charge is -2.31. The minimum absolute atomic E-state index is 0.292. The van der Waals surface area contributed by atoms with E-state index >= 15 is 0 Å². The Morgan fingerprint density at radius 3 is 2.67 bits per heavy atom. The van der Waals surface area contributed by atoms with Crippen molar-refractivity contribution in [3.05, 3.63) is 23.8 Å². The topological polar surface area (TPSA) is 49.6 Å². The van der Waals surface area contributed by atoms with Crippen LogP contribution in [0.1, 0.15) is 51.0 Å². The fourth-order valence-corrected chi connectivity index (χ4v) is 4.01.